The number of piperidine rings is 1. The highest BCUT2D eigenvalue weighted by Crippen LogP contribution is 2.34. The lowest BCUT2D eigenvalue weighted by Crippen LogP contribution is -2.46. The number of aliphatic imine (C=N–C) groups is 1. The van der Waals surface area contributed by atoms with Gasteiger partial charge in [-0.05, 0) is 45.4 Å². The van der Waals surface area contributed by atoms with Crippen molar-refractivity contribution >= 4 is 11.9 Å². The van der Waals surface area contributed by atoms with Crippen LogP contribution in [0.15, 0.2) is 28.0 Å². The lowest BCUT2D eigenvalue weighted by atomic mass is 9.91. The number of allylic oxidation sites excluding steroid dienone is 2. The summed E-state index contributed by atoms with van der Waals surface area (Å²) in [4.78, 5) is 24.5. The van der Waals surface area contributed by atoms with Crippen molar-refractivity contribution in [2.75, 3.05) is 18.4 Å². The van der Waals surface area contributed by atoms with Gasteiger partial charge in [-0.2, -0.15) is 0 Å². The maximum Gasteiger partial charge on any atom is 0.256 e. The van der Waals surface area contributed by atoms with E-state index in [1.54, 1.807) is 10.6 Å². The predicted octanol–water partition coefficient (Wildman–Crippen LogP) is 2.67. The average molecular weight is 327 g/mol. The van der Waals surface area contributed by atoms with Gasteiger partial charge in [-0.3, -0.25) is 14.7 Å². The molecule has 0 unspecified atom stereocenters. The minimum atomic E-state index is -0.149. The molecule has 3 aliphatic rings. The van der Waals surface area contributed by atoms with Crippen LogP contribution in [0.3, 0.4) is 0 Å². The Balaban J connectivity index is 1.74. The van der Waals surface area contributed by atoms with Crippen molar-refractivity contribution in [3.05, 3.63) is 34.3 Å². The Morgan fingerprint density at radius 2 is 2.04 bits per heavy atom. The van der Waals surface area contributed by atoms with E-state index in [4.69, 9.17) is 4.99 Å². The summed E-state index contributed by atoms with van der Waals surface area (Å²) in [6.45, 7) is 3.92. The van der Waals surface area contributed by atoms with Gasteiger partial charge in [-0.1, -0.05) is 12.2 Å². The van der Waals surface area contributed by atoms with Crippen molar-refractivity contribution in [1.82, 2.24) is 14.5 Å². The molecular formula is C18H25N5O. The highest BCUT2D eigenvalue weighted by Gasteiger charge is 2.32. The van der Waals surface area contributed by atoms with Crippen LogP contribution in [-0.4, -0.2) is 33.5 Å². The Morgan fingerprint density at radius 3 is 2.79 bits per heavy atom. The lowest BCUT2D eigenvalue weighted by molar-refractivity contribution is 0.289. The third-order valence-corrected chi connectivity index (χ3v) is 5.21. The molecule has 1 fully saturated rings. The number of rotatable bonds is 1. The molecule has 6 heteroatoms. The molecule has 128 valence electrons. The summed E-state index contributed by atoms with van der Waals surface area (Å²) >= 11 is 0. The maximum atomic E-state index is 12.6. The number of fused-ring (bicyclic) bond motifs is 1. The third kappa shape index (κ3) is 2.85. The number of likely N-dealkylation sites (tertiary alicyclic amines) is 1. The fraction of sp³-hybridized carbons (Fsp3) is 0.611. The summed E-state index contributed by atoms with van der Waals surface area (Å²) in [5, 5.41) is 3.33. The lowest BCUT2D eigenvalue weighted by Gasteiger charge is -2.37. The van der Waals surface area contributed by atoms with E-state index in [2.05, 4.69) is 27.4 Å². The van der Waals surface area contributed by atoms with Crippen LogP contribution >= 0.6 is 0 Å². The fourth-order valence-electron chi connectivity index (χ4n) is 3.94. The Hall–Kier alpha value is -2.11. The highest BCUT2D eigenvalue weighted by atomic mass is 16.1. The van der Waals surface area contributed by atoms with Crippen LogP contribution in [0.2, 0.25) is 0 Å². The first-order valence-corrected chi connectivity index (χ1v) is 9.07. The van der Waals surface area contributed by atoms with Gasteiger partial charge in [-0.15, -0.1) is 0 Å². The number of nitrogens with zero attached hydrogens (tertiary/aromatic N) is 4. The molecule has 1 aliphatic carbocycles. The summed E-state index contributed by atoms with van der Waals surface area (Å²) in [6.07, 6.45) is 11.1. The van der Waals surface area contributed by atoms with Gasteiger partial charge in [0, 0.05) is 30.8 Å². The van der Waals surface area contributed by atoms with E-state index in [1.165, 1.54) is 19.3 Å². The Kier molecular flexibility index (Phi) is 4.12. The van der Waals surface area contributed by atoms with Gasteiger partial charge in [0.15, 0.2) is 0 Å². The van der Waals surface area contributed by atoms with Crippen LogP contribution in [0, 0.1) is 12.8 Å². The molecule has 4 rings (SSSR count). The van der Waals surface area contributed by atoms with Crippen LogP contribution in [-0.2, 0) is 0 Å². The number of hydrogen-bond acceptors (Lipinski definition) is 5. The second kappa shape index (κ2) is 6.42. The Labute approximate surface area is 142 Å². The molecule has 24 heavy (non-hydrogen) atoms. The summed E-state index contributed by atoms with van der Waals surface area (Å²) in [7, 11) is 0. The molecule has 1 aromatic heterocycles. The van der Waals surface area contributed by atoms with Crippen molar-refractivity contribution in [3.63, 3.8) is 0 Å². The van der Waals surface area contributed by atoms with Crippen molar-refractivity contribution in [3.8, 4) is 0 Å². The van der Waals surface area contributed by atoms with Gasteiger partial charge >= 0.3 is 0 Å². The average Bonchev–Trinajstić information content (AvgIpc) is 2.62. The molecule has 2 aliphatic heterocycles. The second-order valence-corrected chi connectivity index (χ2v) is 7.01. The van der Waals surface area contributed by atoms with E-state index in [0.717, 1.165) is 44.0 Å². The molecule has 1 N–H and O–H groups in total. The first-order chi connectivity index (χ1) is 11.7. The zero-order chi connectivity index (χ0) is 16.5. The first-order valence-electron chi connectivity index (χ1n) is 9.07. The van der Waals surface area contributed by atoms with Crippen LogP contribution in [0.1, 0.15) is 50.4 Å². The number of aromatic nitrogens is 2. The van der Waals surface area contributed by atoms with Crippen LogP contribution in [0.25, 0.3) is 0 Å². The molecule has 1 aromatic rings. The van der Waals surface area contributed by atoms with Crippen molar-refractivity contribution < 1.29 is 0 Å². The van der Waals surface area contributed by atoms with E-state index in [-0.39, 0.29) is 11.7 Å². The molecular weight excluding hydrogens is 302 g/mol. The molecule has 1 saturated heterocycles. The molecule has 0 amide bonds. The highest BCUT2D eigenvalue weighted by molar-refractivity contribution is 5.93. The van der Waals surface area contributed by atoms with Gasteiger partial charge in [0.1, 0.15) is 6.17 Å². The molecule has 2 atom stereocenters. The fourth-order valence-corrected chi connectivity index (χ4v) is 3.94. The number of hydrogen-bond donors (Lipinski definition) is 1. The molecule has 0 saturated carbocycles. The molecule has 6 nitrogen and oxygen atoms in total. The minimum Gasteiger partial charge on any atom is -0.343 e. The van der Waals surface area contributed by atoms with Gasteiger partial charge in [0.25, 0.3) is 5.56 Å². The quantitative estimate of drug-likeness (QED) is 0.806. The van der Waals surface area contributed by atoms with Crippen LogP contribution < -0.4 is 10.9 Å². The zero-order valence-electron chi connectivity index (χ0n) is 14.2. The zero-order valence-corrected chi connectivity index (χ0v) is 14.2. The summed E-state index contributed by atoms with van der Waals surface area (Å²) < 4.78 is 1.75. The van der Waals surface area contributed by atoms with E-state index in [9.17, 15) is 4.79 Å². The normalized spacial score (nSPS) is 26.5. The van der Waals surface area contributed by atoms with Gasteiger partial charge in [0.05, 0.1) is 0 Å². The first kappa shape index (κ1) is 15.4. The van der Waals surface area contributed by atoms with Crippen molar-refractivity contribution in [1.29, 1.82) is 0 Å². The van der Waals surface area contributed by atoms with E-state index in [0.29, 0.717) is 11.9 Å². The number of aryl methyl sites for hydroxylation is 1. The third-order valence-electron chi connectivity index (χ3n) is 5.21. The molecule has 0 aromatic carbocycles. The summed E-state index contributed by atoms with van der Waals surface area (Å²) in [5.74, 6) is 1.90. The predicted molar refractivity (Wildman–Crippen MR) is 95.2 cm³/mol. The van der Waals surface area contributed by atoms with E-state index < -0.39 is 0 Å². The smallest absolute Gasteiger partial charge is 0.256 e. The molecule has 0 bridgehead atoms. The minimum absolute atomic E-state index is 0.00834. The standard InChI is InChI=1S/C18H25N5O/c1-13-12-15(24)23-16(14-8-4-2-5-9-14)20-17(21-18(23)19-13)22-10-6-3-7-11-22/h2,4,12,14,16H,3,5-11H2,1H3,(H,19,20,21)/t14-,16-/m1/s1. The largest absolute Gasteiger partial charge is 0.343 e. The summed E-state index contributed by atoms with van der Waals surface area (Å²) in [5.41, 5.74) is 0.743. The molecule has 0 radical (unpaired) electrons. The topological polar surface area (TPSA) is 62.5 Å². The SMILES string of the molecule is Cc1cc(=O)n2c(n1)NC(N1CCCCC1)=N[C@H]2[C@@H]1CC=CCC1. The van der Waals surface area contributed by atoms with Crippen LogP contribution in [0.5, 0.6) is 0 Å². The van der Waals surface area contributed by atoms with Crippen LogP contribution in [0.4, 0.5) is 5.95 Å². The summed E-state index contributed by atoms with van der Waals surface area (Å²) in [6, 6.07) is 1.61. The number of anilines is 1. The maximum absolute atomic E-state index is 12.6. The Bertz CT molecular complexity index is 729. The van der Waals surface area contributed by atoms with Gasteiger partial charge in [0.2, 0.25) is 11.9 Å². The Morgan fingerprint density at radius 1 is 1.21 bits per heavy atom. The van der Waals surface area contributed by atoms with Gasteiger partial charge < -0.3 is 4.90 Å². The van der Waals surface area contributed by atoms with Gasteiger partial charge in [-0.25, -0.2) is 9.98 Å². The number of nitrogens with one attached hydrogen (secondary N) is 1. The molecule has 0 spiro atoms. The monoisotopic (exact) mass is 327 g/mol. The van der Waals surface area contributed by atoms with Crippen molar-refractivity contribution in [2.45, 2.75) is 51.6 Å². The van der Waals surface area contributed by atoms with E-state index >= 15 is 0 Å². The second-order valence-electron chi connectivity index (χ2n) is 7.01. The number of guanidine groups is 1. The van der Waals surface area contributed by atoms with Crippen molar-refractivity contribution in [2.24, 2.45) is 10.9 Å². The molecule has 3 heterocycles. The van der Waals surface area contributed by atoms with E-state index in [1.807, 2.05) is 6.92 Å².